The highest BCUT2D eigenvalue weighted by molar-refractivity contribution is 5.99. The monoisotopic (exact) mass is 386 g/mol. The van der Waals surface area contributed by atoms with Crippen molar-refractivity contribution in [3.8, 4) is 11.3 Å². The summed E-state index contributed by atoms with van der Waals surface area (Å²) in [6.07, 6.45) is 10.1. The summed E-state index contributed by atoms with van der Waals surface area (Å²) in [5.41, 5.74) is 3.25. The van der Waals surface area contributed by atoms with Crippen LogP contribution in [0.2, 0.25) is 0 Å². The van der Waals surface area contributed by atoms with Crippen LogP contribution in [-0.4, -0.2) is 45.1 Å². The molecule has 3 N–H and O–H groups in total. The van der Waals surface area contributed by atoms with Crippen molar-refractivity contribution in [3.63, 3.8) is 0 Å². The number of benzene rings is 1. The Morgan fingerprint density at radius 2 is 2.03 bits per heavy atom. The van der Waals surface area contributed by atoms with Gasteiger partial charge in [-0.1, -0.05) is 12.1 Å². The van der Waals surface area contributed by atoms with Gasteiger partial charge in [-0.2, -0.15) is 0 Å². The van der Waals surface area contributed by atoms with Crippen molar-refractivity contribution in [1.29, 1.82) is 5.41 Å². The Kier molecular flexibility index (Phi) is 5.47. The predicted molar refractivity (Wildman–Crippen MR) is 114 cm³/mol. The van der Waals surface area contributed by atoms with Crippen LogP contribution < -0.4 is 5.32 Å². The number of allylic oxidation sites excluding steroid dienone is 1. The molecular formula is C22H22N6O. The van der Waals surface area contributed by atoms with E-state index < -0.39 is 0 Å². The van der Waals surface area contributed by atoms with Crippen molar-refractivity contribution in [2.45, 2.75) is 12.8 Å². The first-order chi connectivity index (χ1) is 14.2. The zero-order valence-corrected chi connectivity index (χ0v) is 15.9. The van der Waals surface area contributed by atoms with Gasteiger partial charge in [0, 0.05) is 36.8 Å². The van der Waals surface area contributed by atoms with Crippen LogP contribution in [0.25, 0.3) is 17.3 Å². The van der Waals surface area contributed by atoms with Crippen molar-refractivity contribution >= 4 is 29.7 Å². The molecule has 0 saturated carbocycles. The fourth-order valence-corrected chi connectivity index (χ4v) is 3.38. The third-order valence-corrected chi connectivity index (χ3v) is 4.81. The molecule has 2 aromatic heterocycles. The van der Waals surface area contributed by atoms with Gasteiger partial charge >= 0.3 is 0 Å². The van der Waals surface area contributed by atoms with Crippen LogP contribution in [0.1, 0.15) is 29.0 Å². The van der Waals surface area contributed by atoms with Gasteiger partial charge in [-0.05, 0) is 49.3 Å². The van der Waals surface area contributed by atoms with Gasteiger partial charge in [-0.25, -0.2) is 9.97 Å². The highest BCUT2D eigenvalue weighted by Crippen LogP contribution is 2.25. The minimum Gasteiger partial charge on any atom is -0.340 e. The lowest BCUT2D eigenvalue weighted by atomic mass is 10.1. The van der Waals surface area contributed by atoms with E-state index in [1.807, 2.05) is 35.2 Å². The van der Waals surface area contributed by atoms with E-state index in [9.17, 15) is 4.79 Å². The van der Waals surface area contributed by atoms with E-state index in [1.165, 1.54) is 6.21 Å². The number of H-pyrrole nitrogens is 1. The smallest absolute Gasteiger partial charge is 0.257 e. The second kappa shape index (κ2) is 8.52. The molecule has 146 valence electrons. The van der Waals surface area contributed by atoms with Gasteiger partial charge < -0.3 is 20.6 Å². The van der Waals surface area contributed by atoms with Gasteiger partial charge in [0.2, 0.25) is 0 Å². The van der Waals surface area contributed by atoms with Crippen LogP contribution in [0.5, 0.6) is 0 Å². The Balaban J connectivity index is 1.57. The maximum absolute atomic E-state index is 12.8. The third kappa shape index (κ3) is 4.24. The first-order valence-electron chi connectivity index (χ1n) is 9.58. The summed E-state index contributed by atoms with van der Waals surface area (Å²) in [4.78, 5) is 26.6. The fourth-order valence-electron chi connectivity index (χ4n) is 3.38. The topological polar surface area (TPSA) is 97.8 Å². The van der Waals surface area contributed by atoms with Crippen molar-refractivity contribution < 1.29 is 4.79 Å². The van der Waals surface area contributed by atoms with E-state index in [4.69, 9.17) is 5.41 Å². The zero-order chi connectivity index (χ0) is 20.1. The lowest BCUT2D eigenvalue weighted by Crippen LogP contribution is -2.28. The molecule has 4 rings (SSSR count). The molecule has 1 fully saturated rings. The molecule has 0 radical (unpaired) electrons. The standard InChI is InChI=1S/C22H22N6O/c23-10-4-9-20-25-15-19(27-20)16-6-3-7-17(14-16)26-21-18(8-5-11-24-21)22(29)28-12-1-2-13-28/h3-11,14-15,23H,1-2,12-13H2,(H,24,26)(H,25,27). The molecule has 1 amide bonds. The quantitative estimate of drug-likeness (QED) is 0.555. The lowest BCUT2D eigenvalue weighted by molar-refractivity contribution is 0.0793. The van der Waals surface area contributed by atoms with Crippen LogP contribution in [0.4, 0.5) is 11.5 Å². The molecule has 7 heteroatoms. The Bertz CT molecular complexity index is 1050. The number of anilines is 2. The molecule has 0 atom stereocenters. The summed E-state index contributed by atoms with van der Waals surface area (Å²) in [6, 6.07) is 11.5. The summed E-state index contributed by atoms with van der Waals surface area (Å²) >= 11 is 0. The second-order valence-corrected chi connectivity index (χ2v) is 6.81. The van der Waals surface area contributed by atoms with Gasteiger partial charge in [-0.15, -0.1) is 0 Å². The summed E-state index contributed by atoms with van der Waals surface area (Å²) in [5, 5.41) is 10.4. The molecule has 0 spiro atoms. The number of aromatic nitrogens is 3. The fraction of sp³-hybridized carbons (Fsp3) is 0.182. The molecule has 7 nitrogen and oxygen atoms in total. The molecule has 3 heterocycles. The van der Waals surface area contributed by atoms with E-state index in [0.717, 1.165) is 42.9 Å². The molecule has 1 saturated heterocycles. The van der Waals surface area contributed by atoms with E-state index in [0.29, 0.717) is 17.2 Å². The molecular weight excluding hydrogens is 364 g/mol. The summed E-state index contributed by atoms with van der Waals surface area (Å²) in [6.45, 7) is 1.61. The number of imidazole rings is 1. The van der Waals surface area contributed by atoms with Crippen molar-refractivity contribution in [3.05, 3.63) is 66.3 Å². The van der Waals surface area contributed by atoms with E-state index in [1.54, 1.807) is 30.6 Å². The molecule has 29 heavy (non-hydrogen) atoms. The second-order valence-electron chi connectivity index (χ2n) is 6.81. The third-order valence-electron chi connectivity index (χ3n) is 4.81. The number of hydrogen-bond donors (Lipinski definition) is 3. The van der Waals surface area contributed by atoms with Gasteiger partial charge in [0.05, 0.1) is 17.5 Å². The number of aromatic amines is 1. The number of nitrogens with one attached hydrogen (secondary N) is 3. The van der Waals surface area contributed by atoms with Crippen molar-refractivity contribution in [2.75, 3.05) is 18.4 Å². The van der Waals surface area contributed by atoms with Crippen LogP contribution >= 0.6 is 0 Å². The van der Waals surface area contributed by atoms with E-state index in [2.05, 4.69) is 20.3 Å². The Labute approximate surface area is 169 Å². The van der Waals surface area contributed by atoms with Crippen LogP contribution in [0.3, 0.4) is 0 Å². The molecule has 0 unspecified atom stereocenters. The number of hydrogen-bond acceptors (Lipinski definition) is 5. The Hall–Kier alpha value is -3.74. The minimum atomic E-state index is 0.0189. The number of amides is 1. The largest absolute Gasteiger partial charge is 0.340 e. The first kappa shape index (κ1) is 18.6. The normalized spacial score (nSPS) is 13.7. The van der Waals surface area contributed by atoms with Gasteiger partial charge in [0.1, 0.15) is 11.6 Å². The Morgan fingerprint density at radius 3 is 2.86 bits per heavy atom. The van der Waals surface area contributed by atoms with Gasteiger partial charge in [-0.3, -0.25) is 4.79 Å². The van der Waals surface area contributed by atoms with Crippen molar-refractivity contribution in [1.82, 2.24) is 19.9 Å². The number of nitrogens with zero attached hydrogens (tertiary/aromatic N) is 3. The Morgan fingerprint density at radius 1 is 1.17 bits per heavy atom. The molecule has 0 aliphatic carbocycles. The van der Waals surface area contributed by atoms with Crippen LogP contribution in [0.15, 0.2) is 54.9 Å². The summed E-state index contributed by atoms with van der Waals surface area (Å²) in [7, 11) is 0. The maximum Gasteiger partial charge on any atom is 0.257 e. The number of rotatable bonds is 6. The van der Waals surface area contributed by atoms with Crippen LogP contribution in [-0.2, 0) is 0 Å². The average Bonchev–Trinajstić information content (AvgIpc) is 3.45. The highest BCUT2D eigenvalue weighted by atomic mass is 16.2. The molecule has 1 aromatic carbocycles. The number of carbonyl (C=O) groups is 1. The van der Waals surface area contributed by atoms with Gasteiger partial charge in [0.25, 0.3) is 5.91 Å². The average molecular weight is 386 g/mol. The van der Waals surface area contributed by atoms with E-state index in [-0.39, 0.29) is 5.91 Å². The lowest BCUT2D eigenvalue weighted by Gasteiger charge is -2.17. The van der Waals surface area contributed by atoms with E-state index >= 15 is 0 Å². The maximum atomic E-state index is 12.8. The minimum absolute atomic E-state index is 0.0189. The SMILES string of the molecule is N=CC=Cc1ncc(-c2cccc(Nc3ncccc3C(=O)N3CCCC3)c2)[nH]1. The molecule has 3 aromatic rings. The molecule has 1 aliphatic rings. The van der Waals surface area contributed by atoms with Crippen LogP contribution in [0, 0.1) is 5.41 Å². The molecule has 0 bridgehead atoms. The highest BCUT2D eigenvalue weighted by Gasteiger charge is 2.22. The van der Waals surface area contributed by atoms with Gasteiger partial charge in [0.15, 0.2) is 0 Å². The summed E-state index contributed by atoms with van der Waals surface area (Å²) < 4.78 is 0. The molecule has 1 aliphatic heterocycles. The van der Waals surface area contributed by atoms with Crippen molar-refractivity contribution in [2.24, 2.45) is 0 Å². The number of pyridine rings is 1. The summed E-state index contributed by atoms with van der Waals surface area (Å²) in [5.74, 6) is 1.26. The predicted octanol–water partition coefficient (Wildman–Crippen LogP) is 4.11. The number of carbonyl (C=O) groups excluding carboxylic acids is 1. The zero-order valence-electron chi connectivity index (χ0n) is 15.9. The number of likely N-dealkylation sites (tertiary alicyclic amines) is 1. The first-order valence-corrected chi connectivity index (χ1v) is 9.58.